The van der Waals surface area contributed by atoms with E-state index in [9.17, 15) is 0 Å². The Labute approximate surface area is 195 Å². The average Bonchev–Trinajstić information content (AvgIpc) is 3.61. The lowest BCUT2D eigenvalue weighted by molar-refractivity contribution is 0.0836. The second-order valence-electron chi connectivity index (χ2n) is 8.18. The number of para-hydroxylation sites is 1. The second kappa shape index (κ2) is 8.27. The van der Waals surface area contributed by atoms with Crippen LogP contribution < -0.4 is 5.32 Å². The molecule has 4 aromatic rings. The zero-order valence-corrected chi connectivity index (χ0v) is 19.1. The number of thiocarbonyl (C=S) groups is 1. The maximum atomic E-state index is 5.96. The van der Waals surface area contributed by atoms with Gasteiger partial charge in [0.2, 0.25) is 0 Å². The minimum Gasteiger partial charge on any atom is -0.376 e. The maximum absolute atomic E-state index is 5.96. The van der Waals surface area contributed by atoms with Gasteiger partial charge in [-0.15, -0.1) is 0 Å². The summed E-state index contributed by atoms with van der Waals surface area (Å²) in [4.78, 5) is 11.8. The highest BCUT2D eigenvalue weighted by atomic mass is 32.1. The molecule has 2 aliphatic rings. The van der Waals surface area contributed by atoms with Crippen LogP contribution in [0, 0.1) is 0 Å². The highest BCUT2D eigenvalue weighted by Crippen LogP contribution is 2.40. The topological polar surface area (TPSA) is 55.2 Å². The first kappa shape index (κ1) is 19.8. The summed E-state index contributed by atoms with van der Waals surface area (Å²) in [5, 5.41) is 5.25. The van der Waals surface area contributed by atoms with Gasteiger partial charge in [0, 0.05) is 25.5 Å². The van der Waals surface area contributed by atoms with Crippen molar-refractivity contribution in [3.8, 4) is 5.13 Å². The van der Waals surface area contributed by atoms with Crippen molar-refractivity contribution in [3.63, 3.8) is 0 Å². The Morgan fingerprint density at radius 1 is 1.12 bits per heavy atom. The van der Waals surface area contributed by atoms with E-state index in [0.717, 1.165) is 53.1 Å². The molecule has 2 fully saturated rings. The number of benzene rings is 1. The molecule has 2 saturated heterocycles. The Hall–Kier alpha value is -2.81. The first-order valence-electron chi connectivity index (χ1n) is 10.9. The highest BCUT2D eigenvalue weighted by Gasteiger charge is 2.42. The van der Waals surface area contributed by atoms with Crippen molar-refractivity contribution >= 4 is 38.9 Å². The number of nitrogens with zero attached hydrogens (tertiary/aromatic N) is 4. The van der Waals surface area contributed by atoms with Crippen LogP contribution in [0.1, 0.15) is 36.3 Å². The molecule has 1 N–H and O–H groups in total. The number of hydrogen-bond acceptors (Lipinski definition) is 5. The molecular weight excluding hydrogens is 438 g/mol. The third-order valence-electron chi connectivity index (χ3n) is 6.19. The molecule has 0 amide bonds. The number of hydrogen-bond donors (Lipinski definition) is 1. The van der Waals surface area contributed by atoms with Crippen LogP contribution in [-0.4, -0.2) is 43.8 Å². The van der Waals surface area contributed by atoms with Crippen molar-refractivity contribution in [1.82, 2.24) is 24.8 Å². The number of ether oxygens (including phenoxy) is 1. The monoisotopic (exact) mass is 461 g/mol. The van der Waals surface area contributed by atoms with Crippen LogP contribution in [0.15, 0.2) is 67.0 Å². The van der Waals surface area contributed by atoms with Crippen molar-refractivity contribution in [3.05, 3.63) is 78.4 Å². The summed E-state index contributed by atoms with van der Waals surface area (Å²) in [6.07, 6.45) is 6.31. The number of nitrogens with one attached hydrogen (secondary N) is 1. The van der Waals surface area contributed by atoms with Crippen LogP contribution in [0.3, 0.4) is 0 Å². The third-order valence-corrected chi connectivity index (χ3v) is 7.58. The maximum Gasteiger partial charge on any atom is 0.194 e. The molecule has 0 aliphatic carbocycles. The van der Waals surface area contributed by atoms with Crippen molar-refractivity contribution in [2.24, 2.45) is 0 Å². The van der Waals surface area contributed by atoms with Crippen molar-refractivity contribution in [2.45, 2.75) is 31.0 Å². The van der Waals surface area contributed by atoms with Gasteiger partial charge in [-0.05, 0) is 61.5 Å². The minimum atomic E-state index is -0.0480. The molecule has 5 heterocycles. The first-order chi connectivity index (χ1) is 15.8. The average molecular weight is 462 g/mol. The summed E-state index contributed by atoms with van der Waals surface area (Å²) < 4.78 is 9.34. The van der Waals surface area contributed by atoms with Gasteiger partial charge in [0.05, 0.1) is 39.8 Å². The molecule has 8 heteroatoms. The van der Waals surface area contributed by atoms with E-state index >= 15 is 0 Å². The van der Waals surface area contributed by atoms with E-state index in [1.165, 1.54) is 4.70 Å². The number of pyridine rings is 1. The van der Waals surface area contributed by atoms with Gasteiger partial charge in [-0.1, -0.05) is 29.5 Å². The zero-order chi connectivity index (χ0) is 21.5. The first-order valence-corrected chi connectivity index (χ1v) is 12.1. The third kappa shape index (κ3) is 3.48. The summed E-state index contributed by atoms with van der Waals surface area (Å²) in [7, 11) is 0. The van der Waals surface area contributed by atoms with E-state index in [4.69, 9.17) is 21.9 Å². The van der Waals surface area contributed by atoms with Gasteiger partial charge < -0.3 is 15.0 Å². The SMILES string of the molecule is S=C1N[C@H](c2ccccn2)[C@@H](c2cccn2-c2nc3ccccc3s2)N1C[C@H]1CCCO1. The summed E-state index contributed by atoms with van der Waals surface area (Å²) in [6, 6.07) is 18.5. The second-order valence-corrected chi connectivity index (χ2v) is 9.58. The summed E-state index contributed by atoms with van der Waals surface area (Å²) in [6.45, 7) is 1.60. The smallest absolute Gasteiger partial charge is 0.194 e. The Kier molecular flexibility index (Phi) is 5.13. The molecule has 0 bridgehead atoms. The zero-order valence-electron chi connectivity index (χ0n) is 17.4. The molecule has 0 radical (unpaired) electrons. The molecule has 0 unspecified atom stereocenters. The van der Waals surface area contributed by atoms with Gasteiger partial charge in [-0.2, -0.15) is 0 Å². The Morgan fingerprint density at radius 3 is 2.84 bits per heavy atom. The molecule has 6 rings (SSSR count). The Bertz CT molecular complexity index is 1210. The number of rotatable bonds is 5. The molecule has 3 atom stereocenters. The van der Waals surface area contributed by atoms with Crippen molar-refractivity contribution < 1.29 is 4.74 Å². The Morgan fingerprint density at radius 2 is 2.03 bits per heavy atom. The fourth-order valence-corrected chi connectivity index (χ4v) is 5.99. The largest absolute Gasteiger partial charge is 0.376 e. The van der Waals surface area contributed by atoms with Gasteiger partial charge in [-0.25, -0.2) is 4.98 Å². The van der Waals surface area contributed by atoms with Gasteiger partial charge in [0.1, 0.15) is 0 Å². The van der Waals surface area contributed by atoms with Gasteiger partial charge in [0.25, 0.3) is 0 Å². The van der Waals surface area contributed by atoms with Gasteiger partial charge in [-0.3, -0.25) is 9.55 Å². The van der Waals surface area contributed by atoms with Crippen LogP contribution in [0.2, 0.25) is 0 Å². The molecule has 2 aliphatic heterocycles. The molecule has 3 aromatic heterocycles. The molecule has 0 saturated carbocycles. The van der Waals surface area contributed by atoms with Crippen LogP contribution in [-0.2, 0) is 4.74 Å². The number of fused-ring (bicyclic) bond motifs is 1. The predicted octanol–water partition coefficient (Wildman–Crippen LogP) is 4.63. The van der Waals surface area contributed by atoms with E-state index in [-0.39, 0.29) is 18.2 Å². The van der Waals surface area contributed by atoms with E-state index in [2.05, 4.69) is 62.4 Å². The van der Waals surface area contributed by atoms with Crippen LogP contribution >= 0.6 is 23.6 Å². The summed E-state index contributed by atoms with van der Waals surface area (Å²) in [5.74, 6) is 0. The van der Waals surface area contributed by atoms with Crippen LogP contribution in [0.4, 0.5) is 0 Å². The predicted molar refractivity (Wildman–Crippen MR) is 130 cm³/mol. The fraction of sp³-hybridized carbons (Fsp3) is 0.292. The lowest BCUT2D eigenvalue weighted by atomic mass is 10.0. The molecular formula is C24H23N5OS2. The molecule has 1 aromatic carbocycles. The standard InChI is InChI=1S/C24H23N5OS2/c31-23-27-21(18-9-3-4-12-25-18)22(29(23)15-16-7-6-14-30-16)19-10-5-13-28(19)24-26-17-8-1-2-11-20(17)32-24/h1-5,8-13,16,21-22H,6-7,14-15H2,(H,27,31)/t16-,21-,22-/m1/s1. The lowest BCUT2D eigenvalue weighted by Gasteiger charge is -2.30. The van der Waals surface area contributed by atoms with Gasteiger partial charge >= 0.3 is 0 Å². The molecule has 0 spiro atoms. The van der Waals surface area contributed by atoms with Crippen LogP contribution in [0.25, 0.3) is 15.3 Å². The van der Waals surface area contributed by atoms with E-state index in [0.29, 0.717) is 0 Å². The normalized spacial score (nSPS) is 23.2. The van der Waals surface area contributed by atoms with Crippen LogP contribution in [0.5, 0.6) is 0 Å². The summed E-state index contributed by atoms with van der Waals surface area (Å²) >= 11 is 7.52. The van der Waals surface area contributed by atoms with Crippen molar-refractivity contribution in [2.75, 3.05) is 13.2 Å². The minimum absolute atomic E-state index is 0.0105. The van der Waals surface area contributed by atoms with E-state index in [1.807, 2.05) is 24.4 Å². The van der Waals surface area contributed by atoms with E-state index < -0.39 is 0 Å². The molecule has 32 heavy (non-hydrogen) atoms. The van der Waals surface area contributed by atoms with Gasteiger partial charge in [0.15, 0.2) is 10.2 Å². The fourth-order valence-electron chi connectivity index (χ4n) is 4.70. The Balaban J connectivity index is 1.44. The lowest BCUT2D eigenvalue weighted by Crippen LogP contribution is -2.36. The van der Waals surface area contributed by atoms with E-state index in [1.54, 1.807) is 11.3 Å². The molecule has 162 valence electrons. The van der Waals surface area contributed by atoms with Crippen molar-refractivity contribution in [1.29, 1.82) is 0 Å². The summed E-state index contributed by atoms with van der Waals surface area (Å²) in [5.41, 5.74) is 3.14. The quantitative estimate of drug-likeness (QED) is 0.437. The number of thiazole rings is 1. The number of aromatic nitrogens is 3. The molecule has 6 nitrogen and oxygen atoms in total. The highest BCUT2D eigenvalue weighted by molar-refractivity contribution is 7.80.